The van der Waals surface area contributed by atoms with Crippen molar-refractivity contribution in [2.45, 2.75) is 472 Å². The Morgan fingerprint density at radius 3 is 0.670 bits per heavy atom. The van der Waals surface area contributed by atoms with Crippen molar-refractivity contribution in [3.63, 3.8) is 0 Å². The van der Waals surface area contributed by atoms with Gasteiger partial charge in [-0.3, -0.25) is 37.3 Å². The van der Waals surface area contributed by atoms with Crippen molar-refractivity contribution in [2.75, 3.05) is 39.6 Å². The second-order valence-corrected chi connectivity index (χ2v) is 35.4. The summed E-state index contributed by atoms with van der Waals surface area (Å²) in [6, 6.07) is 0. The number of aliphatic hydroxyl groups is 1. The average molecular weight is 1550 g/mol. The van der Waals surface area contributed by atoms with Crippen LogP contribution in [0.25, 0.3) is 0 Å². The van der Waals surface area contributed by atoms with E-state index < -0.39 is 97.5 Å². The molecular weight excluding hydrogens is 1380 g/mol. The zero-order chi connectivity index (χ0) is 78.1. The Morgan fingerprint density at radius 2 is 0.453 bits per heavy atom. The van der Waals surface area contributed by atoms with Crippen LogP contribution in [0.4, 0.5) is 0 Å². The smallest absolute Gasteiger partial charge is 0.462 e. The van der Waals surface area contributed by atoms with Crippen molar-refractivity contribution in [2.24, 2.45) is 23.7 Å². The summed E-state index contributed by atoms with van der Waals surface area (Å²) in [5.41, 5.74) is 0. The molecule has 0 heterocycles. The molecule has 0 aliphatic carbocycles. The molecule has 8 atom stereocenters. The molecule has 19 heteroatoms. The van der Waals surface area contributed by atoms with Crippen LogP contribution in [0.3, 0.4) is 0 Å². The van der Waals surface area contributed by atoms with Crippen molar-refractivity contribution in [1.82, 2.24) is 0 Å². The molecule has 0 rings (SSSR count). The van der Waals surface area contributed by atoms with Crippen LogP contribution in [0.2, 0.25) is 0 Å². The topological polar surface area (TPSA) is 237 Å². The molecule has 106 heavy (non-hydrogen) atoms. The van der Waals surface area contributed by atoms with Crippen LogP contribution in [-0.4, -0.2) is 96.7 Å². The van der Waals surface area contributed by atoms with Gasteiger partial charge in [-0.1, -0.05) is 402 Å². The Hall–Kier alpha value is -1.94. The predicted molar refractivity (Wildman–Crippen MR) is 437 cm³/mol. The SMILES string of the molecule is CCC(C)CCCCCCCCCCCCCCCCCCCCC(=O)O[C@H](COC(=O)CCCCCCCCC(C)CC)COP(=O)(O)OC[C@H](O)COP(=O)(O)OC[C@@H](COC(=O)CCCCCCCCCCCCCCCCC(C)CC)OC(=O)CCCCCCCCCCCCCCCC(C)C. The van der Waals surface area contributed by atoms with E-state index in [2.05, 4.69) is 55.4 Å². The maximum atomic E-state index is 13.1. The molecule has 0 aliphatic rings. The number of carbonyl (C=O) groups is 4. The van der Waals surface area contributed by atoms with E-state index in [9.17, 15) is 43.2 Å². The van der Waals surface area contributed by atoms with Gasteiger partial charge in [0, 0.05) is 25.7 Å². The third kappa shape index (κ3) is 76.1. The van der Waals surface area contributed by atoms with Gasteiger partial charge in [-0.2, -0.15) is 0 Å². The van der Waals surface area contributed by atoms with Crippen LogP contribution in [-0.2, 0) is 65.4 Å². The van der Waals surface area contributed by atoms with Crippen LogP contribution in [0.5, 0.6) is 0 Å². The molecule has 0 fully saturated rings. The number of aliphatic hydroxyl groups excluding tert-OH is 1. The lowest BCUT2D eigenvalue weighted by molar-refractivity contribution is -0.161. The van der Waals surface area contributed by atoms with Gasteiger partial charge in [0.1, 0.15) is 19.3 Å². The zero-order valence-electron chi connectivity index (χ0n) is 70.1. The maximum absolute atomic E-state index is 13.1. The van der Waals surface area contributed by atoms with Crippen molar-refractivity contribution < 1.29 is 80.2 Å². The van der Waals surface area contributed by atoms with E-state index in [1.807, 2.05) is 0 Å². The summed E-state index contributed by atoms with van der Waals surface area (Å²) in [7, 11) is -9.93. The molecule has 0 bridgehead atoms. The number of esters is 4. The molecule has 0 aromatic heterocycles. The zero-order valence-corrected chi connectivity index (χ0v) is 71.9. The number of phosphoric ester groups is 2. The van der Waals surface area contributed by atoms with E-state index in [0.717, 1.165) is 120 Å². The quantitative estimate of drug-likeness (QED) is 0.0222. The van der Waals surface area contributed by atoms with E-state index in [4.69, 9.17) is 37.0 Å². The highest BCUT2D eigenvalue weighted by molar-refractivity contribution is 7.47. The van der Waals surface area contributed by atoms with Gasteiger partial charge in [0.25, 0.3) is 0 Å². The molecule has 0 saturated carbocycles. The van der Waals surface area contributed by atoms with Gasteiger partial charge < -0.3 is 33.8 Å². The lowest BCUT2D eigenvalue weighted by Gasteiger charge is -2.21. The highest BCUT2D eigenvalue weighted by Crippen LogP contribution is 2.45. The molecule has 3 N–H and O–H groups in total. The molecule has 5 unspecified atom stereocenters. The molecule has 630 valence electrons. The fourth-order valence-corrected chi connectivity index (χ4v) is 15.0. The molecule has 0 spiro atoms. The predicted octanol–water partition coefficient (Wildman–Crippen LogP) is 26.3. The van der Waals surface area contributed by atoms with Gasteiger partial charge in [0.15, 0.2) is 12.2 Å². The Bertz CT molecular complexity index is 2060. The standard InChI is InChI=1S/C87H170O17P2/c1-9-78(6)64-56-48-40-34-28-22-16-14-12-13-15-17-25-31-37-43-53-61-69-87(92)104-83(74-98-85(90)68-60-52-46-45-50-58-66-80(8)11-3)76-102-106(95,96)100-72-81(88)71-99-105(93,94)101-75-82(103-86(91)70-62-54-44-38-32-26-20-21-27-33-39-47-55-63-77(4)5)73-97-84(89)67-59-51-42-36-30-24-19-18-23-29-35-41-49-57-65-79(7)10-2/h77-83,88H,9-76H2,1-8H3,(H,93,94)(H,95,96)/t78?,79?,80?,81-,82-,83-/m1/s1. The Morgan fingerprint density at radius 1 is 0.264 bits per heavy atom. The maximum Gasteiger partial charge on any atom is 0.472 e. The Balaban J connectivity index is 5.21. The van der Waals surface area contributed by atoms with Crippen molar-refractivity contribution in [3.05, 3.63) is 0 Å². The Kier molecular flexibility index (Phi) is 74.3. The van der Waals surface area contributed by atoms with E-state index >= 15 is 0 Å². The van der Waals surface area contributed by atoms with E-state index in [0.29, 0.717) is 25.7 Å². The third-order valence-electron chi connectivity index (χ3n) is 21.4. The first kappa shape index (κ1) is 104. The Labute approximate surface area is 651 Å². The van der Waals surface area contributed by atoms with Crippen molar-refractivity contribution in [1.29, 1.82) is 0 Å². The molecular formula is C87H170O17P2. The molecule has 0 amide bonds. The van der Waals surface area contributed by atoms with Crippen LogP contribution >= 0.6 is 15.6 Å². The molecule has 17 nitrogen and oxygen atoms in total. The van der Waals surface area contributed by atoms with Crippen LogP contribution in [0.15, 0.2) is 0 Å². The van der Waals surface area contributed by atoms with Gasteiger partial charge in [-0.25, -0.2) is 9.13 Å². The largest absolute Gasteiger partial charge is 0.472 e. The molecule has 0 saturated heterocycles. The highest BCUT2D eigenvalue weighted by atomic mass is 31.2. The summed E-state index contributed by atoms with van der Waals surface area (Å²) in [4.78, 5) is 73.2. The highest BCUT2D eigenvalue weighted by Gasteiger charge is 2.31. The molecule has 0 aromatic rings. The van der Waals surface area contributed by atoms with Gasteiger partial charge in [0.05, 0.1) is 26.4 Å². The number of ether oxygens (including phenoxy) is 4. The minimum Gasteiger partial charge on any atom is -0.462 e. The van der Waals surface area contributed by atoms with Gasteiger partial charge in [-0.15, -0.1) is 0 Å². The number of hydrogen-bond donors (Lipinski definition) is 3. The van der Waals surface area contributed by atoms with Gasteiger partial charge in [0.2, 0.25) is 0 Å². The monoisotopic (exact) mass is 1550 g/mol. The summed E-state index contributed by atoms with van der Waals surface area (Å²) in [6.45, 7) is 14.4. The first-order valence-corrected chi connectivity index (χ1v) is 47.8. The van der Waals surface area contributed by atoms with Crippen LogP contribution < -0.4 is 0 Å². The number of unbranched alkanes of at least 4 members (excludes halogenated alkanes) is 47. The van der Waals surface area contributed by atoms with E-state index in [1.165, 1.54) is 250 Å². The summed E-state index contributed by atoms with van der Waals surface area (Å²) < 4.78 is 68.9. The van der Waals surface area contributed by atoms with Gasteiger partial charge >= 0.3 is 39.5 Å². The number of hydrogen-bond acceptors (Lipinski definition) is 15. The minimum atomic E-state index is -4.97. The average Bonchev–Trinajstić information content (AvgIpc) is 0.919. The summed E-state index contributed by atoms with van der Waals surface area (Å²) >= 11 is 0. The number of rotatable bonds is 84. The fourth-order valence-electron chi connectivity index (χ4n) is 13.4. The first-order chi connectivity index (χ1) is 51.2. The van der Waals surface area contributed by atoms with Crippen molar-refractivity contribution >= 4 is 39.5 Å². The van der Waals surface area contributed by atoms with E-state index in [1.54, 1.807) is 0 Å². The number of phosphoric acid groups is 2. The lowest BCUT2D eigenvalue weighted by atomic mass is 9.99. The first-order valence-electron chi connectivity index (χ1n) is 44.8. The summed E-state index contributed by atoms with van der Waals surface area (Å²) in [6.07, 6.45) is 65.2. The number of carbonyl (C=O) groups excluding carboxylic acids is 4. The molecule has 0 aromatic carbocycles. The molecule has 0 aliphatic heterocycles. The molecule has 0 radical (unpaired) electrons. The minimum absolute atomic E-state index is 0.107. The van der Waals surface area contributed by atoms with Crippen molar-refractivity contribution in [3.8, 4) is 0 Å². The van der Waals surface area contributed by atoms with Gasteiger partial charge in [-0.05, 0) is 49.4 Å². The third-order valence-corrected chi connectivity index (χ3v) is 23.3. The van der Waals surface area contributed by atoms with Crippen LogP contribution in [0, 0.1) is 23.7 Å². The second kappa shape index (κ2) is 75.7. The van der Waals surface area contributed by atoms with Crippen LogP contribution in [0.1, 0.15) is 453 Å². The lowest BCUT2D eigenvalue weighted by Crippen LogP contribution is -2.30. The fraction of sp³-hybridized carbons (Fsp3) is 0.954. The van der Waals surface area contributed by atoms with E-state index in [-0.39, 0.29) is 25.7 Å². The summed E-state index contributed by atoms with van der Waals surface area (Å²) in [5, 5.41) is 10.7. The second-order valence-electron chi connectivity index (χ2n) is 32.5. The summed E-state index contributed by atoms with van der Waals surface area (Å²) in [5.74, 6) is 1.13. The normalized spacial score (nSPS) is 14.7.